The molecule has 0 unspecified atom stereocenters. The van der Waals surface area contributed by atoms with Crippen molar-refractivity contribution in [3.63, 3.8) is 0 Å². The van der Waals surface area contributed by atoms with E-state index in [-0.39, 0.29) is 0 Å². The van der Waals surface area contributed by atoms with Gasteiger partial charge in [-0.05, 0) is 18.1 Å². The Morgan fingerprint density at radius 3 is 2.75 bits per heavy atom. The molecule has 0 radical (unpaired) electrons. The summed E-state index contributed by atoms with van der Waals surface area (Å²) in [5.74, 6) is 0. The van der Waals surface area contributed by atoms with Crippen LogP contribution in [0.4, 0.5) is 5.69 Å². The van der Waals surface area contributed by atoms with Crippen molar-refractivity contribution in [2.75, 3.05) is 11.4 Å². The summed E-state index contributed by atoms with van der Waals surface area (Å²) in [6.45, 7) is 0.928. The third-order valence-electron chi connectivity index (χ3n) is 2.16. The minimum Gasteiger partial charge on any atom is -0.342 e. The van der Waals surface area contributed by atoms with E-state index in [0.29, 0.717) is 0 Å². The van der Waals surface area contributed by atoms with Crippen LogP contribution >= 0.6 is 23.2 Å². The van der Waals surface area contributed by atoms with Gasteiger partial charge in [0.05, 0.1) is 0 Å². The van der Waals surface area contributed by atoms with Crippen LogP contribution in [0.5, 0.6) is 0 Å². The summed E-state index contributed by atoms with van der Waals surface area (Å²) in [6.07, 6.45) is 1.05. The van der Waals surface area contributed by atoms with Gasteiger partial charge in [-0.2, -0.15) is 0 Å². The fourth-order valence-corrected chi connectivity index (χ4v) is 1.97. The first-order valence-electron chi connectivity index (χ1n) is 3.92. The summed E-state index contributed by atoms with van der Waals surface area (Å²) >= 11 is 11.6. The maximum atomic E-state index is 5.80. The van der Waals surface area contributed by atoms with E-state index < -0.39 is 4.96 Å². The normalized spacial score (nSPS) is 15.4. The van der Waals surface area contributed by atoms with Crippen LogP contribution < -0.4 is 4.90 Å². The Hall–Kier alpha value is -0.400. The second-order valence-electron chi connectivity index (χ2n) is 2.85. The van der Waals surface area contributed by atoms with Crippen molar-refractivity contribution in [1.29, 1.82) is 0 Å². The molecule has 1 aromatic carbocycles. The van der Waals surface area contributed by atoms with Gasteiger partial charge in [0.25, 0.3) is 0 Å². The Labute approximate surface area is 81.9 Å². The molecule has 0 saturated heterocycles. The molecule has 0 N–H and O–H groups in total. The molecule has 1 aliphatic rings. The molecule has 1 heterocycles. The molecule has 0 aromatic heterocycles. The molecule has 0 aliphatic carbocycles. The average Bonchev–Trinajstić information content (AvgIpc) is 2.47. The number of hydrogen-bond acceptors (Lipinski definition) is 1. The first kappa shape index (κ1) is 8.21. The number of nitrogens with zero attached hydrogens (tertiary/aromatic N) is 1. The summed E-state index contributed by atoms with van der Waals surface area (Å²) < 4.78 is 0. The molecule has 0 amide bonds. The number of rotatable bonds is 1. The molecule has 1 nitrogen and oxygen atoms in total. The van der Waals surface area contributed by atoms with Crippen LogP contribution in [0.1, 0.15) is 5.56 Å². The molecule has 12 heavy (non-hydrogen) atoms. The van der Waals surface area contributed by atoms with Gasteiger partial charge in [0.2, 0.25) is 0 Å². The summed E-state index contributed by atoms with van der Waals surface area (Å²) in [7, 11) is 0. The SMILES string of the molecule is ClC(Cl)N1CCc2ccccc21. The molecule has 0 saturated carbocycles. The van der Waals surface area contributed by atoms with E-state index >= 15 is 0 Å². The van der Waals surface area contributed by atoms with Crippen LogP contribution in [0.3, 0.4) is 0 Å². The Kier molecular flexibility index (Phi) is 2.16. The van der Waals surface area contributed by atoms with Gasteiger partial charge in [0.1, 0.15) is 0 Å². The molecular formula is C9H9Cl2N. The number of halogens is 2. The van der Waals surface area contributed by atoms with Crippen molar-refractivity contribution >= 4 is 28.9 Å². The zero-order chi connectivity index (χ0) is 8.55. The fraction of sp³-hybridized carbons (Fsp3) is 0.333. The molecule has 0 fully saturated rings. The number of fused-ring (bicyclic) bond motifs is 1. The Balaban J connectivity index is 2.36. The van der Waals surface area contributed by atoms with Crippen molar-refractivity contribution in [3.8, 4) is 0 Å². The van der Waals surface area contributed by atoms with Crippen LogP contribution in [0.2, 0.25) is 0 Å². The van der Waals surface area contributed by atoms with Crippen molar-refractivity contribution in [3.05, 3.63) is 29.8 Å². The molecule has 3 heteroatoms. The minimum atomic E-state index is -0.423. The highest BCUT2D eigenvalue weighted by Crippen LogP contribution is 2.31. The molecule has 0 atom stereocenters. The number of hydrogen-bond donors (Lipinski definition) is 0. The van der Waals surface area contributed by atoms with Gasteiger partial charge in [0, 0.05) is 12.2 Å². The van der Waals surface area contributed by atoms with Crippen LogP contribution in [0, 0.1) is 0 Å². The Morgan fingerprint density at radius 2 is 2.00 bits per heavy atom. The second-order valence-corrected chi connectivity index (χ2v) is 3.90. The summed E-state index contributed by atoms with van der Waals surface area (Å²) in [4.78, 5) is 1.58. The highest BCUT2D eigenvalue weighted by molar-refractivity contribution is 6.45. The largest absolute Gasteiger partial charge is 0.342 e. The number of alkyl halides is 2. The van der Waals surface area contributed by atoms with Gasteiger partial charge in [-0.1, -0.05) is 41.4 Å². The molecule has 1 aliphatic heterocycles. The van der Waals surface area contributed by atoms with Gasteiger partial charge in [-0.25, -0.2) is 0 Å². The zero-order valence-electron chi connectivity index (χ0n) is 6.50. The Bertz CT molecular complexity index is 286. The monoisotopic (exact) mass is 201 g/mol. The molecule has 0 spiro atoms. The molecule has 0 bridgehead atoms. The number of para-hydroxylation sites is 1. The van der Waals surface area contributed by atoms with E-state index in [1.807, 2.05) is 17.0 Å². The van der Waals surface area contributed by atoms with Crippen LogP contribution in [0.15, 0.2) is 24.3 Å². The molecular weight excluding hydrogens is 193 g/mol. The smallest absolute Gasteiger partial charge is 0.179 e. The lowest BCUT2D eigenvalue weighted by Gasteiger charge is -2.19. The topological polar surface area (TPSA) is 3.24 Å². The Morgan fingerprint density at radius 1 is 1.25 bits per heavy atom. The quantitative estimate of drug-likeness (QED) is 0.500. The van der Waals surface area contributed by atoms with Crippen molar-refractivity contribution < 1.29 is 0 Å². The van der Waals surface area contributed by atoms with Crippen molar-refractivity contribution in [2.24, 2.45) is 0 Å². The molecule has 2 rings (SSSR count). The maximum absolute atomic E-state index is 5.80. The first-order valence-corrected chi connectivity index (χ1v) is 4.79. The van der Waals surface area contributed by atoms with E-state index in [2.05, 4.69) is 12.1 Å². The highest BCUT2D eigenvalue weighted by Gasteiger charge is 2.22. The lowest BCUT2D eigenvalue weighted by Crippen LogP contribution is -2.24. The summed E-state index contributed by atoms with van der Waals surface area (Å²) in [5.41, 5.74) is 2.51. The van der Waals surface area contributed by atoms with Gasteiger partial charge in [0.15, 0.2) is 4.96 Å². The third-order valence-corrected chi connectivity index (χ3v) is 2.63. The first-order chi connectivity index (χ1) is 5.79. The van der Waals surface area contributed by atoms with E-state index in [1.54, 1.807) is 0 Å². The number of benzene rings is 1. The second kappa shape index (κ2) is 3.15. The predicted octanol–water partition coefficient (Wildman–Crippen LogP) is 2.81. The van der Waals surface area contributed by atoms with Gasteiger partial charge < -0.3 is 4.90 Å². The van der Waals surface area contributed by atoms with Crippen molar-refractivity contribution in [1.82, 2.24) is 0 Å². The van der Waals surface area contributed by atoms with Crippen molar-refractivity contribution in [2.45, 2.75) is 11.4 Å². The van der Waals surface area contributed by atoms with E-state index in [0.717, 1.165) is 13.0 Å². The molecule has 1 aromatic rings. The van der Waals surface area contributed by atoms with Crippen LogP contribution in [0.25, 0.3) is 0 Å². The maximum Gasteiger partial charge on any atom is 0.179 e. The highest BCUT2D eigenvalue weighted by atomic mass is 35.5. The predicted molar refractivity (Wildman–Crippen MR) is 53.0 cm³/mol. The van der Waals surface area contributed by atoms with E-state index in [9.17, 15) is 0 Å². The van der Waals surface area contributed by atoms with E-state index in [1.165, 1.54) is 11.3 Å². The standard InChI is InChI=1S/C9H9Cl2N/c10-9(11)12-6-5-7-3-1-2-4-8(7)12/h1-4,9H,5-6H2. The van der Waals surface area contributed by atoms with Crippen LogP contribution in [-0.2, 0) is 6.42 Å². The van der Waals surface area contributed by atoms with Crippen LogP contribution in [-0.4, -0.2) is 11.5 Å². The van der Waals surface area contributed by atoms with Gasteiger partial charge >= 0.3 is 0 Å². The van der Waals surface area contributed by atoms with E-state index in [4.69, 9.17) is 23.2 Å². The average molecular weight is 202 g/mol. The number of anilines is 1. The fourth-order valence-electron chi connectivity index (χ4n) is 1.57. The lowest BCUT2D eigenvalue weighted by atomic mass is 10.2. The zero-order valence-corrected chi connectivity index (χ0v) is 8.02. The van der Waals surface area contributed by atoms with Gasteiger partial charge in [-0.15, -0.1) is 0 Å². The summed E-state index contributed by atoms with van der Waals surface area (Å²) in [6, 6.07) is 8.22. The molecule has 64 valence electrons. The summed E-state index contributed by atoms with van der Waals surface area (Å²) in [5, 5.41) is 0. The minimum absolute atomic E-state index is 0.423. The lowest BCUT2D eigenvalue weighted by molar-refractivity contribution is 0.903. The third kappa shape index (κ3) is 1.27. The van der Waals surface area contributed by atoms with Gasteiger partial charge in [-0.3, -0.25) is 0 Å².